The smallest absolute Gasteiger partial charge is 0.123 e. The maximum absolute atomic E-state index is 5.62. The molecule has 4 nitrogen and oxygen atoms in total. The van der Waals surface area contributed by atoms with Gasteiger partial charge in [0, 0.05) is 32.9 Å². The molecule has 1 aliphatic heterocycles. The van der Waals surface area contributed by atoms with Crippen molar-refractivity contribution in [3.05, 3.63) is 48.2 Å². The summed E-state index contributed by atoms with van der Waals surface area (Å²) in [5.74, 6) is 0.572. The first kappa shape index (κ1) is 11.8. The zero-order chi connectivity index (χ0) is 13.2. The number of likely N-dealkylation sites (N-methyl/N-ethyl adjacent to an activating group) is 1. The number of hydrogen-bond acceptors (Lipinski definition) is 4. The molecule has 3 rings (SSSR count). The van der Waals surface area contributed by atoms with E-state index in [0.717, 1.165) is 19.6 Å². The molecule has 0 unspecified atom stereocenters. The summed E-state index contributed by atoms with van der Waals surface area (Å²) in [4.78, 5) is 8.85. The number of fused-ring (bicyclic) bond motifs is 1. The van der Waals surface area contributed by atoms with Crippen LogP contribution in [-0.4, -0.2) is 25.1 Å². The van der Waals surface area contributed by atoms with Gasteiger partial charge in [-0.1, -0.05) is 18.2 Å². The Morgan fingerprint density at radius 3 is 2.63 bits per heavy atom. The summed E-state index contributed by atoms with van der Waals surface area (Å²) in [5, 5.41) is 0. The molecule has 4 heteroatoms. The van der Waals surface area contributed by atoms with Gasteiger partial charge in [-0.05, 0) is 23.8 Å². The van der Waals surface area contributed by atoms with E-state index < -0.39 is 0 Å². The molecule has 0 amide bonds. The second kappa shape index (κ2) is 4.80. The van der Waals surface area contributed by atoms with Crippen molar-refractivity contribution in [3.8, 4) is 0 Å². The highest BCUT2D eigenvalue weighted by Crippen LogP contribution is 2.32. The first-order valence-corrected chi connectivity index (χ1v) is 6.49. The number of nitrogens with two attached hydrogens (primary N) is 1. The molecule has 2 heterocycles. The van der Waals surface area contributed by atoms with Crippen molar-refractivity contribution in [2.24, 2.45) is 0 Å². The third-order valence-electron chi connectivity index (χ3n) is 3.56. The Bertz CT molecular complexity index is 565. The number of anilines is 3. The van der Waals surface area contributed by atoms with Gasteiger partial charge in [0.05, 0.1) is 11.4 Å². The number of benzene rings is 1. The summed E-state index contributed by atoms with van der Waals surface area (Å²) in [5.41, 5.74) is 9.39. The quantitative estimate of drug-likeness (QED) is 0.891. The standard InChI is InChI=1S/C15H18N4/c1-18-8-9-19(14-5-3-2-4-13(14)18)11-12-6-7-15(16)17-10-12/h2-7,10H,8-9,11H2,1H3,(H2,16,17). The Kier molecular flexibility index (Phi) is 2.99. The molecule has 1 aromatic carbocycles. The number of nitrogen functional groups attached to an aromatic ring is 1. The van der Waals surface area contributed by atoms with Crippen LogP contribution in [0.3, 0.4) is 0 Å². The van der Waals surface area contributed by atoms with E-state index in [1.807, 2.05) is 18.3 Å². The molecule has 98 valence electrons. The van der Waals surface area contributed by atoms with E-state index in [9.17, 15) is 0 Å². The van der Waals surface area contributed by atoms with Gasteiger partial charge in [-0.25, -0.2) is 4.98 Å². The molecule has 19 heavy (non-hydrogen) atoms. The van der Waals surface area contributed by atoms with Crippen LogP contribution in [0.4, 0.5) is 17.2 Å². The van der Waals surface area contributed by atoms with Crippen LogP contribution in [0.1, 0.15) is 5.56 Å². The number of nitrogens with zero attached hydrogens (tertiary/aromatic N) is 3. The topological polar surface area (TPSA) is 45.4 Å². The fourth-order valence-corrected chi connectivity index (χ4v) is 2.48. The summed E-state index contributed by atoms with van der Waals surface area (Å²) in [6.07, 6.45) is 1.86. The minimum absolute atomic E-state index is 0.572. The van der Waals surface area contributed by atoms with Gasteiger partial charge in [0.25, 0.3) is 0 Å². The van der Waals surface area contributed by atoms with Gasteiger partial charge in [0.2, 0.25) is 0 Å². The first-order valence-electron chi connectivity index (χ1n) is 6.49. The summed E-state index contributed by atoms with van der Waals surface area (Å²) >= 11 is 0. The van der Waals surface area contributed by atoms with Crippen molar-refractivity contribution >= 4 is 17.2 Å². The van der Waals surface area contributed by atoms with Gasteiger partial charge in [-0.2, -0.15) is 0 Å². The third kappa shape index (κ3) is 2.34. The number of rotatable bonds is 2. The van der Waals surface area contributed by atoms with Crippen LogP contribution in [0.15, 0.2) is 42.6 Å². The Hall–Kier alpha value is -2.23. The normalized spacial score (nSPS) is 14.4. The van der Waals surface area contributed by atoms with Crippen molar-refractivity contribution in [1.29, 1.82) is 0 Å². The van der Waals surface area contributed by atoms with Gasteiger partial charge in [0.1, 0.15) is 5.82 Å². The SMILES string of the molecule is CN1CCN(Cc2ccc(N)nc2)c2ccccc21. The number of aromatic nitrogens is 1. The van der Waals surface area contributed by atoms with Crippen molar-refractivity contribution in [1.82, 2.24) is 4.98 Å². The van der Waals surface area contributed by atoms with E-state index in [2.05, 4.69) is 46.1 Å². The van der Waals surface area contributed by atoms with Crippen molar-refractivity contribution in [2.45, 2.75) is 6.54 Å². The molecular weight excluding hydrogens is 236 g/mol. The van der Waals surface area contributed by atoms with E-state index in [4.69, 9.17) is 5.73 Å². The molecular formula is C15H18N4. The minimum Gasteiger partial charge on any atom is -0.384 e. The molecule has 0 radical (unpaired) electrons. The van der Waals surface area contributed by atoms with Crippen LogP contribution in [0.2, 0.25) is 0 Å². The van der Waals surface area contributed by atoms with E-state index in [1.54, 1.807) is 0 Å². The monoisotopic (exact) mass is 254 g/mol. The van der Waals surface area contributed by atoms with E-state index in [0.29, 0.717) is 5.82 Å². The highest BCUT2D eigenvalue weighted by atomic mass is 15.2. The molecule has 0 spiro atoms. The van der Waals surface area contributed by atoms with Gasteiger partial charge in [-0.3, -0.25) is 0 Å². The summed E-state index contributed by atoms with van der Waals surface area (Å²) in [6.45, 7) is 2.94. The van der Waals surface area contributed by atoms with Crippen molar-refractivity contribution in [2.75, 3.05) is 35.7 Å². The molecule has 1 aromatic heterocycles. The van der Waals surface area contributed by atoms with Crippen LogP contribution >= 0.6 is 0 Å². The number of pyridine rings is 1. The molecule has 2 aromatic rings. The second-order valence-corrected chi connectivity index (χ2v) is 4.92. The van der Waals surface area contributed by atoms with Crippen LogP contribution in [0, 0.1) is 0 Å². The van der Waals surface area contributed by atoms with E-state index in [-0.39, 0.29) is 0 Å². The number of hydrogen-bond donors (Lipinski definition) is 1. The Morgan fingerprint density at radius 1 is 1.11 bits per heavy atom. The zero-order valence-corrected chi connectivity index (χ0v) is 11.1. The highest BCUT2D eigenvalue weighted by Gasteiger charge is 2.19. The molecule has 0 fully saturated rings. The lowest BCUT2D eigenvalue weighted by molar-refractivity contribution is 0.733. The van der Waals surface area contributed by atoms with Gasteiger partial charge in [0.15, 0.2) is 0 Å². The lowest BCUT2D eigenvalue weighted by Gasteiger charge is -2.37. The zero-order valence-electron chi connectivity index (χ0n) is 11.1. The van der Waals surface area contributed by atoms with Crippen LogP contribution in [0.25, 0.3) is 0 Å². The van der Waals surface area contributed by atoms with Crippen molar-refractivity contribution in [3.63, 3.8) is 0 Å². The predicted molar refractivity (Wildman–Crippen MR) is 79.4 cm³/mol. The lowest BCUT2D eigenvalue weighted by atomic mass is 10.1. The summed E-state index contributed by atoms with van der Waals surface area (Å²) < 4.78 is 0. The highest BCUT2D eigenvalue weighted by molar-refractivity contribution is 5.73. The maximum atomic E-state index is 5.62. The lowest BCUT2D eigenvalue weighted by Crippen LogP contribution is -2.38. The molecule has 2 N–H and O–H groups in total. The van der Waals surface area contributed by atoms with Crippen molar-refractivity contribution < 1.29 is 0 Å². The first-order chi connectivity index (χ1) is 9.24. The summed E-state index contributed by atoms with van der Waals surface area (Å²) in [6, 6.07) is 12.4. The fraction of sp³-hybridized carbons (Fsp3) is 0.267. The fourth-order valence-electron chi connectivity index (χ4n) is 2.48. The summed E-state index contributed by atoms with van der Waals surface area (Å²) in [7, 11) is 2.14. The largest absolute Gasteiger partial charge is 0.384 e. The molecule has 0 atom stereocenters. The number of para-hydroxylation sites is 2. The van der Waals surface area contributed by atoms with Crippen LogP contribution in [0.5, 0.6) is 0 Å². The molecule has 0 aliphatic carbocycles. The minimum atomic E-state index is 0.572. The predicted octanol–water partition coefficient (Wildman–Crippen LogP) is 2.12. The molecule has 0 saturated carbocycles. The van der Waals surface area contributed by atoms with E-state index >= 15 is 0 Å². The Labute approximate surface area is 113 Å². The van der Waals surface area contributed by atoms with Gasteiger partial charge < -0.3 is 15.5 Å². The molecule has 0 saturated heterocycles. The average molecular weight is 254 g/mol. The van der Waals surface area contributed by atoms with Crippen LogP contribution < -0.4 is 15.5 Å². The molecule has 0 bridgehead atoms. The van der Waals surface area contributed by atoms with Gasteiger partial charge in [-0.15, -0.1) is 0 Å². The van der Waals surface area contributed by atoms with Gasteiger partial charge >= 0.3 is 0 Å². The second-order valence-electron chi connectivity index (χ2n) is 4.92. The average Bonchev–Trinajstić information content (AvgIpc) is 2.45. The molecule has 1 aliphatic rings. The third-order valence-corrected chi connectivity index (χ3v) is 3.56. The Morgan fingerprint density at radius 2 is 1.89 bits per heavy atom. The van der Waals surface area contributed by atoms with E-state index in [1.165, 1.54) is 16.9 Å². The Balaban J connectivity index is 1.86. The van der Waals surface area contributed by atoms with Crippen LogP contribution in [-0.2, 0) is 6.54 Å². The maximum Gasteiger partial charge on any atom is 0.123 e.